The zero-order valence-electron chi connectivity index (χ0n) is 9.59. The smallest absolute Gasteiger partial charge is 0.269 e. The number of rotatable bonds is 4. The number of benzene rings is 1. The van der Waals surface area contributed by atoms with Gasteiger partial charge in [0.05, 0.1) is 11.3 Å². The number of nitrogens with one attached hydrogen (secondary N) is 2. The molecule has 7 nitrogen and oxygen atoms in total. The van der Waals surface area contributed by atoms with E-state index in [1.807, 2.05) is 22.6 Å². The third-order valence-corrected chi connectivity index (χ3v) is 3.38. The Morgan fingerprint density at radius 2 is 2.26 bits per heavy atom. The minimum absolute atomic E-state index is 0.0351. The lowest BCUT2D eigenvalue weighted by molar-refractivity contribution is -0.384. The molecule has 0 bridgehead atoms. The van der Waals surface area contributed by atoms with E-state index in [9.17, 15) is 14.9 Å². The molecule has 0 fully saturated rings. The summed E-state index contributed by atoms with van der Waals surface area (Å²) in [6.07, 6.45) is 1.31. The van der Waals surface area contributed by atoms with Gasteiger partial charge in [-0.1, -0.05) is 12.1 Å². The maximum atomic E-state index is 11.4. The van der Waals surface area contributed by atoms with Crippen LogP contribution in [0.5, 0.6) is 0 Å². The molecule has 0 spiro atoms. The van der Waals surface area contributed by atoms with E-state index in [1.54, 1.807) is 12.1 Å². The van der Waals surface area contributed by atoms with E-state index in [-0.39, 0.29) is 11.2 Å². The second-order valence-electron chi connectivity index (χ2n) is 3.67. The van der Waals surface area contributed by atoms with Crippen LogP contribution in [0.3, 0.4) is 0 Å². The second kappa shape index (κ2) is 5.78. The third-order valence-electron chi connectivity index (χ3n) is 2.38. The normalized spacial score (nSPS) is 10.2. The fraction of sp³-hybridized carbons (Fsp3) is 0.0909. The van der Waals surface area contributed by atoms with Crippen molar-refractivity contribution in [1.82, 2.24) is 9.97 Å². The first-order chi connectivity index (χ1) is 9.08. The molecule has 2 N–H and O–H groups in total. The highest BCUT2D eigenvalue weighted by Crippen LogP contribution is 2.15. The molecule has 98 valence electrons. The molecule has 8 heteroatoms. The number of halogens is 1. The van der Waals surface area contributed by atoms with E-state index < -0.39 is 4.92 Å². The first-order valence-electron chi connectivity index (χ1n) is 5.28. The standard InChI is InChI=1S/C11H9IN4O3/c12-9-10(14-6-15-11(9)17)13-5-7-2-1-3-8(4-7)16(18)19/h1-4,6H,5H2,(H2,13,14,15,17). The number of aromatic nitrogens is 2. The van der Waals surface area contributed by atoms with Gasteiger partial charge in [0.1, 0.15) is 9.39 Å². The Morgan fingerprint density at radius 3 is 3.00 bits per heavy atom. The van der Waals surface area contributed by atoms with Crippen molar-refractivity contribution < 1.29 is 4.92 Å². The zero-order valence-corrected chi connectivity index (χ0v) is 11.7. The fourth-order valence-electron chi connectivity index (χ4n) is 1.47. The quantitative estimate of drug-likeness (QED) is 0.485. The van der Waals surface area contributed by atoms with E-state index in [0.29, 0.717) is 15.9 Å². The molecule has 2 aromatic rings. The van der Waals surface area contributed by atoms with Crippen LogP contribution in [0.1, 0.15) is 5.56 Å². The second-order valence-corrected chi connectivity index (χ2v) is 4.75. The molecule has 0 saturated carbocycles. The van der Waals surface area contributed by atoms with E-state index in [2.05, 4.69) is 15.3 Å². The van der Waals surface area contributed by atoms with Gasteiger partial charge in [0, 0.05) is 18.7 Å². The molecule has 0 aliphatic heterocycles. The van der Waals surface area contributed by atoms with Crippen LogP contribution in [0.4, 0.5) is 11.5 Å². The van der Waals surface area contributed by atoms with Crippen molar-refractivity contribution in [2.45, 2.75) is 6.54 Å². The van der Waals surface area contributed by atoms with E-state index in [1.165, 1.54) is 18.5 Å². The van der Waals surface area contributed by atoms with Crippen molar-refractivity contribution in [3.05, 3.63) is 60.2 Å². The lowest BCUT2D eigenvalue weighted by Gasteiger charge is -2.06. The van der Waals surface area contributed by atoms with E-state index in [4.69, 9.17) is 0 Å². The van der Waals surface area contributed by atoms with Crippen LogP contribution in [0.2, 0.25) is 0 Å². The topological polar surface area (TPSA) is 101 Å². The number of hydrogen-bond donors (Lipinski definition) is 2. The average Bonchev–Trinajstić information content (AvgIpc) is 2.41. The molecule has 2 rings (SSSR count). The Morgan fingerprint density at radius 1 is 1.47 bits per heavy atom. The maximum Gasteiger partial charge on any atom is 0.269 e. The highest BCUT2D eigenvalue weighted by molar-refractivity contribution is 14.1. The number of H-pyrrole nitrogens is 1. The van der Waals surface area contributed by atoms with Crippen LogP contribution in [-0.2, 0) is 6.54 Å². The zero-order chi connectivity index (χ0) is 13.8. The highest BCUT2D eigenvalue weighted by Gasteiger charge is 2.07. The van der Waals surface area contributed by atoms with Crippen molar-refractivity contribution in [3.63, 3.8) is 0 Å². The van der Waals surface area contributed by atoms with Crippen molar-refractivity contribution in [2.24, 2.45) is 0 Å². The summed E-state index contributed by atoms with van der Waals surface area (Å²) in [5.41, 5.74) is 0.553. The van der Waals surface area contributed by atoms with Gasteiger partial charge < -0.3 is 10.3 Å². The number of anilines is 1. The van der Waals surface area contributed by atoms with Crippen molar-refractivity contribution >= 4 is 34.1 Å². The Kier molecular flexibility index (Phi) is 4.10. The Balaban J connectivity index is 2.14. The number of nitro groups is 1. The largest absolute Gasteiger partial charge is 0.365 e. The van der Waals surface area contributed by atoms with Gasteiger partial charge >= 0.3 is 0 Å². The van der Waals surface area contributed by atoms with Gasteiger partial charge in [-0.25, -0.2) is 4.98 Å². The highest BCUT2D eigenvalue weighted by atomic mass is 127. The summed E-state index contributed by atoms with van der Waals surface area (Å²) in [6.45, 7) is 0.355. The summed E-state index contributed by atoms with van der Waals surface area (Å²) in [5.74, 6) is 0.454. The molecule has 0 aliphatic rings. The molecule has 19 heavy (non-hydrogen) atoms. The number of aromatic amines is 1. The minimum Gasteiger partial charge on any atom is -0.365 e. The summed E-state index contributed by atoms with van der Waals surface area (Å²) >= 11 is 1.89. The first-order valence-corrected chi connectivity index (χ1v) is 6.36. The molecule has 1 aromatic carbocycles. The SMILES string of the molecule is O=c1[nH]cnc(NCc2cccc([N+](=O)[O-])c2)c1I. The van der Waals surface area contributed by atoms with Gasteiger partial charge in [0.15, 0.2) is 0 Å². The van der Waals surface area contributed by atoms with Crippen LogP contribution in [0, 0.1) is 13.7 Å². The lowest BCUT2D eigenvalue weighted by Crippen LogP contribution is -2.14. The summed E-state index contributed by atoms with van der Waals surface area (Å²) in [7, 11) is 0. The summed E-state index contributed by atoms with van der Waals surface area (Å²) in [5, 5.41) is 13.6. The summed E-state index contributed by atoms with van der Waals surface area (Å²) < 4.78 is 0.450. The van der Waals surface area contributed by atoms with Crippen LogP contribution in [-0.4, -0.2) is 14.9 Å². The molecular weight excluding hydrogens is 363 g/mol. The van der Waals surface area contributed by atoms with Crippen LogP contribution in [0.25, 0.3) is 0 Å². The Hall–Kier alpha value is -1.97. The van der Waals surface area contributed by atoms with E-state index >= 15 is 0 Å². The predicted molar refractivity (Wildman–Crippen MR) is 78.0 cm³/mol. The van der Waals surface area contributed by atoms with Crippen LogP contribution >= 0.6 is 22.6 Å². The van der Waals surface area contributed by atoms with Gasteiger partial charge in [-0.15, -0.1) is 0 Å². The lowest BCUT2D eigenvalue weighted by atomic mass is 10.2. The Labute approximate surface area is 121 Å². The maximum absolute atomic E-state index is 11.4. The molecule has 0 radical (unpaired) electrons. The van der Waals surface area contributed by atoms with Crippen molar-refractivity contribution in [3.8, 4) is 0 Å². The number of hydrogen-bond acceptors (Lipinski definition) is 5. The molecule has 1 heterocycles. The molecule has 0 unspecified atom stereocenters. The molecule has 0 saturated heterocycles. The Bertz CT molecular complexity index is 671. The van der Waals surface area contributed by atoms with Gasteiger partial charge in [0.2, 0.25) is 0 Å². The minimum atomic E-state index is -0.446. The number of nitrogens with zero attached hydrogens (tertiary/aromatic N) is 2. The van der Waals surface area contributed by atoms with Crippen LogP contribution in [0.15, 0.2) is 35.4 Å². The van der Waals surface area contributed by atoms with E-state index in [0.717, 1.165) is 5.56 Å². The molecule has 0 amide bonds. The summed E-state index contributed by atoms with van der Waals surface area (Å²) in [6, 6.07) is 6.29. The van der Waals surface area contributed by atoms with Gasteiger partial charge in [-0.2, -0.15) is 0 Å². The fourth-order valence-corrected chi connectivity index (χ4v) is 1.96. The molecule has 1 aromatic heterocycles. The van der Waals surface area contributed by atoms with Crippen molar-refractivity contribution in [1.29, 1.82) is 0 Å². The van der Waals surface area contributed by atoms with Gasteiger partial charge in [-0.05, 0) is 28.2 Å². The molecule has 0 aliphatic carbocycles. The first kappa shape index (κ1) is 13.5. The average molecular weight is 372 g/mol. The van der Waals surface area contributed by atoms with Crippen molar-refractivity contribution in [2.75, 3.05) is 5.32 Å². The third kappa shape index (κ3) is 3.28. The molecule has 0 atom stereocenters. The summed E-state index contributed by atoms with van der Waals surface area (Å²) in [4.78, 5) is 28.0. The number of non-ortho nitro benzene ring substituents is 1. The van der Waals surface area contributed by atoms with Gasteiger partial charge in [-0.3, -0.25) is 14.9 Å². The number of nitro benzene ring substituents is 1. The van der Waals surface area contributed by atoms with Crippen LogP contribution < -0.4 is 10.9 Å². The predicted octanol–water partition coefficient (Wildman–Crippen LogP) is 1.89. The van der Waals surface area contributed by atoms with Gasteiger partial charge in [0.25, 0.3) is 11.2 Å². The molecular formula is C11H9IN4O3. The monoisotopic (exact) mass is 372 g/mol.